The zero-order chi connectivity index (χ0) is 30.0. The van der Waals surface area contributed by atoms with Gasteiger partial charge in [0.2, 0.25) is 11.8 Å². The predicted molar refractivity (Wildman–Crippen MR) is 153 cm³/mol. The van der Waals surface area contributed by atoms with Gasteiger partial charge in [0.25, 0.3) is 11.8 Å². The number of rotatable bonds is 2. The Morgan fingerprint density at radius 1 is 1.12 bits per heavy atom. The highest BCUT2D eigenvalue weighted by Gasteiger charge is 2.37. The minimum atomic E-state index is -0.763. The summed E-state index contributed by atoms with van der Waals surface area (Å²) < 4.78 is 16.4. The maximum absolute atomic E-state index is 14.8. The second-order valence-electron chi connectivity index (χ2n) is 11.4. The number of nitrogens with zero attached hydrogens (tertiary/aromatic N) is 5. The number of aromatic nitrogens is 3. The van der Waals surface area contributed by atoms with Gasteiger partial charge in [-0.15, -0.1) is 0 Å². The van der Waals surface area contributed by atoms with Crippen molar-refractivity contribution in [3.05, 3.63) is 59.2 Å². The normalized spacial score (nSPS) is 20.8. The van der Waals surface area contributed by atoms with Crippen LogP contribution in [0.2, 0.25) is 0 Å². The fourth-order valence-corrected chi connectivity index (χ4v) is 5.56. The Bertz CT molecular complexity index is 1520. The standard InChI is InChI=1S/C30H36FN7O4/c1-18(2)24-16-37(29(41)20-13-26-23(33-14-20)15-34-36(26)3)17-27(39)32-10-4-6-19-8-9-22(31)21(12-19)30(42)38-11-5-7-25(38)28(40)35-24/h8-9,12-15,18,24-25H,4-7,10-11,16-17H2,1-3H3,(H,32,39)(H,35,40)/t24-,25-/m0/s1. The van der Waals surface area contributed by atoms with E-state index in [1.54, 1.807) is 30.1 Å². The Hall–Kier alpha value is -4.35. The van der Waals surface area contributed by atoms with Gasteiger partial charge in [0.15, 0.2) is 0 Å². The van der Waals surface area contributed by atoms with Gasteiger partial charge in [0.1, 0.15) is 17.4 Å². The first-order valence-corrected chi connectivity index (χ1v) is 14.4. The number of halogens is 1. The van der Waals surface area contributed by atoms with E-state index in [0.717, 1.165) is 5.56 Å². The average Bonchev–Trinajstić information content (AvgIpc) is 3.61. The summed E-state index contributed by atoms with van der Waals surface area (Å²) >= 11 is 0. The lowest BCUT2D eigenvalue weighted by molar-refractivity contribution is -0.126. The van der Waals surface area contributed by atoms with Crippen molar-refractivity contribution in [2.75, 3.05) is 26.2 Å². The highest BCUT2D eigenvalue weighted by atomic mass is 19.1. The monoisotopic (exact) mass is 577 g/mol. The molecule has 0 aliphatic carbocycles. The number of carbonyl (C=O) groups excluding carboxylic acids is 4. The molecule has 2 aliphatic heterocycles. The molecule has 2 N–H and O–H groups in total. The number of benzene rings is 1. The smallest absolute Gasteiger partial charge is 0.257 e. The van der Waals surface area contributed by atoms with Crippen LogP contribution in [0, 0.1) is 11.7 Å². The number of fused-ring (bicyclic) bond motifs is 4. The topological polar surface area (TPSA) is 130 Å². The van der Waals surface area contributed by atoms with Gasteiger partial charge in [-0.05, 0) is 55.4 Å². The minimum Gasteiger partial charge on any atom is -0.355 e. The summed E-state index contributed by atoms with van der Waals surface area (Å²) in [6, 6.07) is 4.84. The molecule has 0 saturated carbocycles. The van der Waals surface area contributed by atoms with Gasteiger partial charge >= 0.3 is 0 Å². The fourth-order valence-electron chi connectivity index (χ4n) is 5.56. The zero-order valence-electron chi connectivity index (χ0n) is 24.1. The summed E-state index contributed by atoms with van der Waals surface area (Å²) in [6.07, 6.45) is 5.21. The number of hydrogen-bond donors (Lipinski definition) is 2. The molecule has 2 atom stereocenters. The van der Waals surface area contributed by atoms with E-state index in [0.29, 0.717) is 55.4 Å². The van der Waals surface area contributed by atoms with Gasteiger partial charge in [-0.25, -0.2) is 4.39 Å². The number of aryl methyl sites for hydroxylation is 2. The number of carbonyl (C=O) groups is 4. The SMILES string of the molecule is CC(C)[C@@H]1CN(C(=O)c2cnc3cnn(C)c3c2)CC(=O)NCCCc2ccc(F)c(c2)C(=O)N2CCC[C@H]2C(=O)N1. The fraction of sp³-hybridized carbons (Fsp3) is 0.467. The van der Waals surface area contributed by atoms with Crippen LogP contribution in [0.1, 0.15) is 59.4 Å². The van der Waals surface area contributed by atoms with E-state index in [-0.39, 0.29) is 36.4 Å². The maximum atomic E-state index is 14.8. The van der Waals surface area contributed by atoms with Crippen LogP contribution in [0.15, 0.2) is 36.7 Å². The Morgan fingerprint density at radius 3 is 2.71 bits per heavy atom. The third kappa shape index (κ3) is 6.12. The van der Waals surface area contributed by atoms with E-state index in [9.17, 15) is 23.6 Å². The molecular weight excluding hydrogens is 541 g/mol. The minimum absolute atomic E-state index is 0.0586. The predicted octanol–water partition coefficient (Wildman–Crippen LogP) is 2.06. The lowest BCUT2D eigenvalue weighted by atomic mass is 10.0. The number of hydrogen-bond acceptors (Lipinski definition) is 6. The molecule has 0 radical (unpaired) electrons. The lowest BCUT2D eigenvalue weighted by Crippen LogP contribution is -2.54. The van der Waals surface area contributed by atoms with E-state index in [1.807, 2.05) is 13.8 Å². The molecule has 0 spiro atoms. The molecule has 0 unspecified atom stereocenters. The van der Waals surface area contributed by atoms with Gasteiger partial charge in [-0.3, -0.25) is 28.8 Å². The second kappa shape index (κ2) is 12.3. The van der Waals surface area contributed by atoms with Crippen LogP contribution in [0.4, 0.5) is 4.39 Å². The van der Waals surface area contributed by atoms with Gasteiger partial charge in [0.05, 0.1) is 29.4 Å². The van der Waals surface area contributed by atoms with Gasteiger partial charge in [0, 0.05) is 38.9 Å². The molecule has 12 heteroatoms. The molecule has 3 aromatic rings. The van der Waals surface area contributed by atoms with E-state index in [4.69, 9.17) is 0 Å². The summed E-state index contributed by atoms with van der Waals surface area (Å²) in [7, 11) is 1.76. The van der Waals surface area contributed by atoms with E-state index in [1.165, 1.54) is 28.1 Å². The molecule has 2 bridgehead atoms. The van der Waals surface area contributed by atoms with Crippen molar-refractivity contribution < 1.29 is 23.6 Å². The summed E-state index contributed by atoms with van der Waals surface area (Å²) in [4.78, 5) is 61.1. The Kier molecular flexibility index (Phi) is 8.51. The third-order valence-electron chi connectivity index (χ3n) is 8.06. The first-order valence-electron chi connectivity index (χ1n) is 14.4. The van der Waals surface area contributed by atoms with Crippen molar-refractivity contribution in [1.29, 1.82) is 0 Å². The van der Waals surface area contributed by atoms with Crippen molar-refractivity contribution in [3.8, 4) is 0 Å². The highest BCUT2D eigenvalue weighted by molar-refractivity contribution is 5.99. The number of pyridine rings is 1. The lowest BCUT2D eigenvalue weighted by Gasteiger charge is -2.32. The Morgan fingerprint density at radius 2 is 1.93 bits per heavy atom. The van der Waals surface area contributed by atoms with Crippen LogP contribution in [0.3, 0.4) is 0 Å². The second-order valence-corrected chi connectivity index (χ2v) is 11.4. The van der Waals surface area contributed by atoms with E-state index < -0.39 is 29.7 Å². The highest BCUT2D eigenvalue weighted by Crippen LogP contribution is 2.24. The molecule has 1 aromatic carbocycles. The molecule has 4 heterocycles. The molecule has 2 aromatic heterocycles. The average molecular weight is 578 g/mol. The van der Waals surface area contributed by atoms with Crippen molar-refractivity contribution in [1.82, 2.24) is 35.2 Å². The van der Waals surface area contributed by atoms with Gasteiger partial charge < -0.3 is 20.4 Å². The first-order chi connectivity index (χ1) is 20.1. The first kappa shape index (κ1) is 29.2. The molecular formula is C30H36FN7O4. The molecule has 222 valence electrons. The third-order valence-corrected chi connectivity index (χ3v) is 8.06. The van der Waals surface area contributed by atoms with Crippen molar-refractivity contribution in [3.63, 3.8) is 0 Å². The Labute approximate surface area is 243 Å². The number of nitrogens with one attached hydrogen (secondary N) is 2. The molecule has 11 nitrogen and oxygen atoms in total. The van der Waals surface area contributed by atoms with Gasteiger partial charge in [-0.2, -0.15) is 5.10 Å². The van der Waals surface area contributed by atoms with E-state index in [2.05, 4.69) is 20.7 Å². The molecule has 5 rings (SSSR count). The van der Waals surface area contributed by atoms with Crippen LogP contribution >= 0.6 is 0 Å². The van der Waals surface area contributed by atoms with Crippen LogP contribution in [-0.2, 0) is 23.1 Å². The van der Waals surface area contributed by atoms with Crippen molar-refractivity contribution >= 4 is 34.7 Å². The molecule has 2 aliphatic rings. The summed E-state index contributed by atoms with van der Waals surface area (Å²) in [5.41, 5.74) is 2.32. The van der Waals surface area contributed by atoms with Crippen LogP contribution < -0.4 is 10.6 Å². The number of amides is 4. The van der Waals surface area contributed by atoms with Gasteiger partial charge in [-0.1, -0.05) is 19.9 Å². The van der Waals surface area contributed by atoms with Crippen LogP contribution in [0.5, 0.6) is 0 Å². The summed E-state index contributed by atoms with van der Waals surface area (Å²) in [5, 5.41) is 10.1. The van der Waals surface area contributed by atoms with Crippen LogP contribution in [0.25, 0.3) is 11.0 Å². The quantitative estimate of drug-likeness (QED) is 0.480. The summed E-state index contributed by atoms with van der Waals surface area (Å²) in [5.74, 6) is -2.35. The molecule has 1 fully saturated rings. The largest absolute Gasteiger partial charge is 0.355 e. The van der Waals surface area contributed by atoms with Crippen molar-refractivity contribution in [2.45, 2.75) is 51.6 Å². The molecule has 42 heavy (non-hydrogen) atoms. The Balaban J connectivity index is 1.46. The van der Waals surface area contributed by atoms with E-state index >= 15 is 0 Å². The van der Waals surface area contributed by atoms with Crippen LogP contribution in [-0.4, -0.2) is 86.5 Å². The maximum Gasteiger partial charge on any atom is 0.257 e. The molecule has 1 saturated heterocycles. The zero-order valence-corrected chi connectivity index (χ0v) is 24.1. The van der Waals surface area contributed by atoms with Crippen molar-refractivity contribution in [2.24, 2.45) is 13.0 Å². The summed E-state index contributed by atoms with van der Waals surface area (Å²) in [6.45, 7) is 4.36. The molecule has 4 amide bonds.